The molecule has 2 N–H and O–H groups in total. The lowest BCUT2D eigenvalue weighted by atomic mass is 10.2. The number of hydrogen-bond acceptors (Lipinski definition) is 1. The minimum absolute atomic E-state index is 0.0392. The number of rotatable bonds is 3. The standard InChI is InChI=1S/C11H14F2N2O/c1-7(2)6-14-11(16)15-10-4-3-8(12)5-9(10)13/h3-5,7H,6H2,1-2H3,(H2,14,15,16). The number of carbonyl (C=O) groups is 1. The first-order valence-electron chi connectivity index (χ1n) is 4.99. The third-order valence-electron chi connectivity index (χ3n) is 1.85. The number of urea groups is 1. The van der Waals surface area contributed by atoms with Gasteiger partial charge >= 0.3 is 6.03 Å². The van der Waals surface area contributed by atoms with Gasteiger partial charge in [-0.3, -0.25) is 0 Å². The minimum Gasteiger partial charge on any atom is -0.338 e. The molecule has 0 aromatic heterocycles. The van der Waals surface area contributed by atoms with E-state index in [1.807, 2.05) is 13.8 Å². The lowest BCUT2D eigenvalue weighted by Gasteiger charge is -2.09. The van der Waals surface area contributed by atoms with Crippen molar-refractivity contribution < 1.29 is 13.6 Å². The van der Waals surface area contributed by atoms with E-state index in [0.29, 0.717) is 12.5 Å². The van der Waals surface area contributed by atoms with Crippen LogP contribution in [0.2, 0.25) is 0 Å². The molecule has 0 fully saturated rings. The molecule has 0 aliphatic rings. The van der Waals surface area contributed by atoms with Gasteiger partial charge in [0.15, 0.2) is 0 Å². The number of carbonyl (C=O) groups excluding carboxylic acids is 1. The molecule has 0 atom stereocenters. The number of halogens is 2. The molecule has 0 saturated carbocycles. The van der Waals surface area contributed by atoms with Crippen LogP contribution in [0, 0.1) is 17.6 Å². The van der Waals surface area contributed by atoms with E-state index in [1.54, 1.807) is 0 Å². The first-order chi connectivity index (χ1) is 7.49. The van der Waals surface area contributed by atoms with E-state index >= 15 is 0 Å². The van der Waals surface area contributed by atoms with E-state index in [4.69, 9.17) is 0 Å². The highest BCUT2D eigenvalue weighted by molar-refractivity contribution is 5.89. The predicted octanol–water partition coefficient (Wildman–Crippen LogP) is 2.74. The zero-order valence-corrected chi connectivity index (χ0v) is 9.18. The van der Waals surface area contributed by atoms with Crippen molar-refractivity contribution in [2.24, 2.45) is 5.92 Å². The molecule has 3 nitrogen and oxygen atoms in total. The van der Waals surface area contributed by atoms with E-state index in [1.165, 1.54) is 6.07 Å². The van der Waals surface area contributed by atoms with Crippen LogP contribution in [0.15, 0.2) is 18.2 Å². The Balaban J connectivity index is 2.56. The van der Waals surface area contributed by atoms with Crippen molar-refractivity contribution in [3.8, 4) is 0 Å². The second-order valence-electron chi connectivity index (χ2n) is 3.85. The van der Waals surface area contributed by atoms with Gasteiger partial charge in [0.1, 0.15) is 11.6 Å². The Bertz CT molecular complexity index is 380. The van der Waals surface area contributed by atoms with Crippen LogP contribution in [0.4, 0.5) is 19.3 Å². The van der Waals surface area contributed by atoms with Crippen molar-refractivity contribution in [2.75, 3.05) is 11.9 Å². The normalized spacial score (nSPS) is 10.3. The van der Waals surface area contributed by atoms with Crippen LogP contribution in [0.1, 0.15) is 13.8 Å². The van der Waals surface area contributed by atoms with Crippen LogP contribution >= 0.6 is 0 Å². The van der Waals surface area contributed by atoms with Crippen molar-refractivity contribution in [3.05, 3.63) is 29.8 Å². The molecule has 0 spiro atoms. The van der Waals surface area contributed by atoms with Crippen LogP contribution in [0.5, 0.6) is 0 Å². The number of amides is 2. The highest BCUT2D eigenvalue weighted by Gasteiger charge is 2.07. The number of nitrogens with one attached hydrogen (secondary N) is 2. The quantitative estimate of drug-likeness (QED) is 0.820. The fraction of sp³-hybridized carbons (Fsp3) is 0.364. The summed E-state index contributed by atoms with van der Waals surface area (Å²) in [5.74, 6) is -1.16. The van der Waals surface area contributed by atoms with Gasteiger partial charge in [-0.05, 0) is 18.1 Å². The Morgan fingerprint density at radius 2 is 2.06 bits per heavy atom. The van der Waals surface area contributed by atoms with Gasteiger partial charge in [0.25, 0.3) is 0 Å². The molecule has 88 valence electrons. The molecule has 0 aliphatic heterocycles. The molecule has 5 heteroatoms. The minimum atomic E-state index is -0.792. The molecule has 0 radical (unpaired) electrons. The number of benzene rings is 1. The van der Waals surface area contributed by atoms with Gasteiger partial charge in [-0.1, -0.05) is 13.8 Å². The molecular weight excluding hydrogens is 214 g/mol. The summed E-state index contributed by atoms with van der Waals surface area (Å²) in [4.78, 5) is 11.3. The zero-order valence-electron chi connectivity index (χ0n) is 9.18. The smallest absolute Gasteiger partial charge is 0.319 e. The van der Waals surface area contributed by atoms with Gasteiger partial charge in [0.05, 0.1) is 5.69 Å². The number of anilines is 1. The van der Waals surface area contributed by atoms with Crippen molar-refractivity contribution in [2.45, 2.75) is 13.8 Å². The summed E-state index contributed by atoms with van der Waals surface area (Å²) in [6, 6.07) is 2.48. The summed E-state index contributed by atoms with van der Waals surface area (Å²) >= 11 is 0. The summed E-state index contributed by atoms with van der Waals surface area (Å²) in [7, 11) is 0. The lowest BCUT2D eigenvalue weighted by Crippen LogP contribution is -2.31. The summed E-state index contributed by atoms with van der Waals surface area (Å²) in [6.07, 6.45) is 0. The maximum atomic E-state index is 13.1. The van der Waals surface area contributed by atoms with Crippen LogP contribution in [0.3, 0.4) is 0 Å². The summed E-state index contributed by atoms with van der Waals surface area (Å²) in [5, 5.41) is 4.86. The van der Waals surface area contributed by atoms with Gasteiger partial charge in [-0.15, -0.1) is 0 Å². The Hall–Kier alpha value is -1.65. The Morgan fingerprint density at radius 3 is 2.62 bits per heavy atom. The van der Waals surface area contributed by atoms with E-state index in [-0.39, 0.29) is 5.69 Å². The SMILES string of the molecule is CC(C)CNC(=O)Nc1ccc(F)cc1F. The third kappa shape index (κ3) is 3.84. The highest BCUT2D eigenvalue weighted by Crippen LogP contribution is 2.14. The molecule has 0 bridgehead atoms. The largest absolute Gasteiger partial charge is 0.338 e. The molecule has 16 heavy (non-hydrogen) atoms. The molecule has 1 aromatic carbocycles. The Labute approximate surface area is 92.8 Å². The van der Waals surface area contributed by atoms with E-state index in [2.05, 4.69) is 10.6 Å². The van der Waals surface area contributed by atoms with Gasteiger partial charge in [0.2, 0.25) is 0 Å². The highest BCUT2D eigenvalue weighted by atomic mass is 19.1. The molecule has 2 amide bonds. The lowest BCUT2D eigenvalue weighted by molar-refractivity contribution is 0.250. The molecule has 0 aliphatic carbocycles. The van der Waals surface area contributed by atoms with Crippen LogP contribution in [0.25, 0.3) is 0 Å². The van der Waals surface area contributed by atoms with Crippen LogP contribution in [-0.4, -0.2) is 12.6 Å². The van der Waals surface area contributed by atoms with Gasteiger partial charge in [0, 0.05) is 12.6 Å². The first kappa shape index (κ1) is 12.4. The van der Waals surface area contributed by atoms with E-state index in [9.17, 15) is 13.6 Å². The van der Waals surface area contributed by atoms with E-state index < -0.39 is 17.7 Å². The summed E-state index contributed by atoms with van der Waals surface area (Å²) in [5.41, 5.74) is -0.0392. The number of hydrogen-bond donors (Lipinski definition) is 2. The van der Waals surface area contributed by atoms with Gasteiger partial charge in [-0.2, -0.15) is 0 Å². The van der Waals surface area contributed by atoms with Crippen molar-refractivity contribution >= 4 is 11.7 Å². The molecule has 1 aromatic rings. The predicted molar refractivity (Wildman–Crippen MR) is 58.2 cm³/mol. The fourth-order valence-corrected chi connectivity index (χ4v) is 1.05. The Morgan fingerprint density at radius 1 is 1.38 bits per heavy atom. The van der Waals surface area contributed by atoms with Crippen molar-refractivity contribution in [3.63, 3.8) is 0 Å². The van der Waals surface area contributed by atoms with Crippen molar-refractivity contribution in [1.29, 1.82) is 0 Å². The maximum Gasteiger partial charge on any atom is 0.319 e. The molecular formula is C11H14F2N2O. The zero-order chi connectivity index (χ0) is 12.1. The average Bonchev–Trinajstić information content (AvgIpc) is 2.19. The summed E-state index contributed by atoms with van der Waals surface area (Å²) < 4.78 is 25.7. The molecule has 0 saturated heterocycles. The fourth-order valence-electron chi connectivity index (χ4n) is 1.05. The third-order valence-corrected chi connectivity index (χ3v) is 1.85. The van der Waals surface area contributed by atoms with Gasteiger partial charge in [-0.25, -0.2) is 13.6 Å². The summed E-state index contributed by atoms with van der Waals surface area (Å²) in [6.45, 7) is 4.38. The topological polar surface area (TPSA) is 41.1 Å². The van der Waals surface area contributed by atoms with Crippen molar-refractivity contribution in [1.82, 2.24) is 5.32 Å². The van der Waals surface area contributed by atoms with Crippen LogP contribution < -0.4 is 10.6 Å². The first-order valence-corrected chi connectivity index (χ1v) is 4.99. The van der Waals surface area contributed by atoms with Gasteiger partial charge < -0.3 is 10.6 Å². The monoisotopic (exact) mass is 228 g/mol. The maximum absolute atomic E-state index is 13.1. The molecule has 0 unspecified atom stereocenters. The molecule has 1 rings (SSSR count). The molecule has 0 heterocycles. The Kier molecular flexibility index (Phi) is 4.22. The second kappa shape index (κ2) is 5.44. The average molecular weight is 228 g/mol. The van der Waals surface area contributed by atoms with Crippen LogP contribution in [-0.2, 0) is 0 Å². The second-order valence-corrected chi connectivity index (χ2v) is 3.85. The van der Waals surface area contributed by atoms with E-state index in [0.717, 1.165) is 12.1 Å².